The molecule has 0 saturated carbocycles. The van der Waals surface area contributed by atoms with E-state index >= 15 is 0 Å². The third-order valence-corrected chi connectivity index (χ3v) is 6.88. The number of benzene rings is 2. The molecular weight excluding hydrogens is 426 g/mol. The zero-order chi connectivity index (χ0) is 23.8. The fourth-order valence-electron chi connectivity index (χ4n) is 4.94. The molecule has 1 unspecified atom stereocenters. The zero-order valence-corrected chi connectivity index (χ0v) is 20.2. The Kier molecular flexibility index (Phi) is 6.11. The SMILES string of the molecule is COC1CCN(c2ccc(-c3cc4c(C(C)O)cc(C)cc4nc3-c3conc3C)cc2)CC1. The summed E-state index contributed by atoms with van der Waals surface area (Å²) in [5.41, 5.74) is 8.60. The highest BCUT2D eigenvalue weighted by Gasteiger charge is 2.21. The molecule has 3 heterocycles. The normalized spacial score (nSPS) is 15.7. The number of hydrogen-bond donors (Lipinski definition) is 1. The number of rotatable bonds is 5. The van der Waals surface area contributed by atoms with Gasteiger partial charge in [-0.3, -0.25) is 0 Å². The van der Waals surface area contributed by atoms with E-state index in [-0.39, 0.29) is 0 Å². The quantitative estimate of drug-likeness (QED) is 0.406. The van der Waals surface area contributed by atoms with E-state index in [2.05, 4.69) is 46.5 Å². The first-order valence-corrected chi connectivity index (χ1v) is 11.9. The molecule has 1 aliphatic heterocycles. The maximum Gasteiger partial charge on any atom is 0.133 e. The van der Waals surface area contributed by atoms with Crippen LogP contribution >= 0.6 is 0 Å². The van der Waals surface area contributed by atoms with Crippen LogP contribution in [0.3, 0.4) is 0 Å². The van der Waals surface area contributed by atoms with Crippen molar-refractivity contribution in [2.45, 2.75) is 45.8 Å². The van der Waals surface area contributed by atoms with Crippen molar-refractivity contribution in [1.29, 1.82) is 0 Å². The third-order valence-electron chi connectivity index (χ3n) is 6.88. The molecule has 6 nitrogen and oxygen atoms in total. The van der Waals surface area contributed by atoms with E-state index < -0.39 is 6.10 Å². The topological polar surface area (TPSA) is 71.6 Å². The largest absolute Gasteiger partial charge is 0.389 e. The van der Waals surface area contributed by atoms with Crippen molar-refractivity contribution in [2.75, 3.05) is 25.1 Å². The first-order chi connectivity index (χ1) is 16.4. The molecule has 2 aromatic carbocycles. The van der Waals surface area contributed by atoms with Crippen LogP contribution in [0.1, 0.15) is 42.7 Å². The first kappa shape index (κ1) is 22.6. The first-order valence-electron chi connectivity index (χ1n) is 11.9. The molecule has 176 valence electrons. The molecule has 1 aliphatic rings. The molecule has 1 atom stereocenters. The van der Waals surface area contributed by atoms with Gasteiger partial charge in [0.15, 0.2) is 0 Å². The molecule has 0 bridgehead atoms. The van der Waals surface area contributed by atoms with Gasteiger partial charge in [0.25, 0.3) is 0 Å². The van der Waals surface area contributed by atoms with E-state index in [1.54, 1.807) is 20.3 Å². The smallest absolute Gasteiger partial charge is 0.133 e. The van der Waals surface area contributed by atoms with Gasteiger partial charge >= 0.3 is 0 Å². The van der Waals surface area contributed by atoms with Gasteiger partial charge in [-0.05, 0) is 74.6 Å². The summed E-state index contributed by atoms with van der Waals surface area (Å²) in [6, 6.07) is 14.9. The summed E-state index contributed by atoms with van der Waals surface area (Å²) in [4.78, 5) is 7.47. The molecule has 2 aromatic heterocycles. The maximum absolute atomic E-state index is 10.5. The molecule has 6 heteroatoms. The van der Waals surface area contributed by atoms with Crippen LogP contribution < -0.4 is 4.90 Å². The number of aromatic nitrogens is 2. The number of methoxy groups -OCH3 is 1. The second-order valence-electron chi connectivity index (χ2n) is 9.26. The van der Waals surface area contributed by atoms with Gasteiger partial charge < -0.3 is 19.3 Å². The number of anilines is 1. The van der Waals surface area contributed by atoms with Gasteiger partial charge in [0, 0.05) is 36.8 Å². The Hall–Kier alpha value is -3.22. The average molecular weight is 458 g/mol. The van der Waals surface area contributed by atoms with Crippen LogP contribution in [0.5, 0.6) is 0 Å². The zero-order valence-electron chi connectivity index (χ0n) is 20.2. The van der Waals surface area contributed by atoms with Gasteiger partial charge in [-0.25, -0.2) is 4.98 Å². The molecule has 1 fully saturated rings. The molecule has 1 N–H and O–H groups in total. The fraction of sp³-hybridized carbons (Fsp3) is 0.357. The van der Waals surface area contributed by atoms with Crippen LogP contribution in [0, 0.1) is 13.8 Å². The summed E-state index contributed by atoms with van der Waals surface area (Å²) < 4.78 is 10.8. The monoisotopic (exact) mass is 457 g/mol. The van der Waals surface area contributed by atoms with Crippen LogP contribution in [-0.2, 0) is 4.74 Å². The Labute approximate surface area is 200 Å². The Morgan fingerprint density at radius 1 is 1.06 bits per heavy atom. The average Bonchev–Trinajstić information content (AvgIpc) is 3.28. The number of aliphatic hydroxyl groups is 1. The summed E-state index contributed by atoms with van der Waals surface area (Å²) in [5.74, 6) is 0. The van der Waals surface area contributed by atoms with Crippen molar-refractivity contribution in [2.24, 2.45) is 0 Å². The van der Waals surface area contributed by atoms with Gasteiger partial charge in [0.2, 0.25) is 0 Å². The molecular formula is C28H31N3O3. The molecule has 0 radical (unpaired) electrons. The van der Waals surface area contributed by atoms with Gasteiger partial charge in [-0.2, -0.15) is 0 Å². The number of ether oxygens (including phenoxy) is 1. The minimum atomic E-state index is -0.586. The minimum absolute atomic E-state index is 0.361. The predicted octanol–water partition coefficient (Wildman–Crippen LogP) is 5.84. The summed E-state index contributed by atoms with van der Waals surface area (Å²) in [6.07, 6.45) is 3.53. The van der Waals surface area contributed by atoms with Crippen molar-refractivity contribution in [1.82, 2.24) is 10.1 Å². The standard InChI is InChI=1S/C28H31N3O3/c1-17-13-23(19(3)32)25-15-24(28(29-27(25)14-17)26-16-34-30-18(26)2)20-5-7-21(8-6-20)31-11-9-22(33-4)10-12-31/h5-8,13-16,19,22,32H,9-12H2,1-4H3. The van der Waals surface area contributed by atoms with Gasteiger partial charge in [0.05, 0.1) is 34.7 Å². The fourth-order valence-corrected chi connectivity index (χ4v) is 4.94. The van der Waals surface area contributed by atoms with Crippen LogP contribution in [0.25, 0.3) is 33.3 Å². The Morgan fingerprint density at radius 2 is 1.79 bits per heavy atom. The highest BCUT2D eigenvalue weighted by atomic mass is 16.5. The van der Waals surface area contributed by atoms with Gasteiger partial charge in [-0.1, -0.05) is 23.4 Å². The van der Waals surface area contributed by atoms with Gasteiger partial charge in [-0.15, -0.1) is 0 Å². The van der Waals surface area contributed by atoms with Crippen LogP contribution in [-0.4, -0.2) is 41.6 Å². The molecule has 34 heavy (non-hydrogen) atoms. The Bertz CT molecular complexity index is 1300. The van der Waals surface area contributed by atoms with Crippen LogP contribution in [0.15, 0.2) is 53.3 Å². The second-order valence-corrected chi connectivity index (χ2v) is 9.26. The summed E-state index contributed by atoms with van der Waals surface area (Å²) in [7, 11) is 1.80. The molecule has 0 amide bonds. The molecule has 0 aliphatic carbocycles. The van der Waals surface area contributed by atoms with Crippen molar-refractivity contribution < 1.29 is 14.4 Å². The number of aliphatic hydroxyl groups excluding tert-OH is 1. The van der Waals surface area contributed by atoms with E-state index in [1.807, 2.05) is 19.9 Å². The van der Waals surface area contributed by atoms with Crippen LogP contribution in [0.4, 0.5) is 5.69 Å². The molecule has 4 aromatic rings. The lowest BCUT2D eigenvalue weighted by Crippen LogP contribution is -2.36. The Morgan fingerprint density at radius 3 is 2.41 bits per heavy atom. The van der Waals surface area contributed by atoms with E-state index in [9.17, 15) is 5.11 Å². The van der Waals surface area contributed by atoms with Crippen molar-refractivity contribution >= 4 is 16.6 Å². The van der Waals surface area contributed by atoms with E-state index in [4.69, 9.17) is 14.2 Å². The highest BCUT2D eigenvalue weighted by molar-refractivity contribution is 5.94. The summed E-state index contributed by atoms with van der Waals surface area (Å²) >= 11 is 0. The number of nitrogens with zero attached hydrogens (tertiary/aromatic N) is 3. The number of aryl methyl sites for hydroxylation is 2. The van der Waals surface area contributed by atoms with Gasteiger partial charge in [0.1, 0.15) is 6.26 Å². The number of fused-ring (bicyclic) bond motifs is 1. The van der Waals surface area contributed by atoms with Crippen molar-refractivity contribution in [3.63, 3.8) is 0 Å². The lowest BCUT2D eigenvalue weighted by molar-refractivity contribution is 0.0819. The van der Waals surface area contributed by atoms with E-state index in [0.717, 1.165) is 76.0 Å². The predicted molar refractivity (Wildman–Crippen MR) is 135 cm³/mol. The van der Waals surface area contributed by atoms with Crippen LogP contribution in [0.2, 0.25) is 0 Å². The molecule has 1 saturated heterocycles. The maximum atomic E-state index is 10.5. The second kappa shape index (κ2) is 9.20. The molecule has 0 spiro atoms. The number of hydrogen-bond acceptors (Lipinski definition) is 6. The van der Waals surface area contributed by atoms with E-state index in [0.29, 0.717) is 6.10 Å². The summed E-state index contributed by atoms with van der Waals surface area (Å²) in [5, 5.41) is 15.5. The van der Waals surface area contributed by atoms with E-state index in [1.165, 1.54) is 5.69 Å². The highest BCUT2D eigenvalue weighted by Crippen LogP contribution is 2.38. The lowest BCUT2D eigenvalue weighted by Gasteiger charge is -2.33. The molecule has 5 rings (SSSR count). The third kappa shape index (κ3) is 4.19. The van der Waals surface area contributed by atoms with Crippen molar-refractivity contribution in [3.8, 4) is 22.4 Å². The summed E-state index contributed by atoms with van der Waals surface area (Å²) in [6.45, 7) is 7.75. The minimum Gasteiger partial charge on any atom is -0.389 e. The van der Waals surface area contributed by atoms with Crippen molar-refractivity contribution in [3.05, 3.63) is 65.5 Å². The number of piperidine rings is 1. The lowest BCUT2D eigenvalue weighted by atomic mass is 9.94. The number of pyridine rings is 1. The Balaban J connectivity index is 1.61.